The Morgan fingerprint density at radius 1 is 0.745 bits per heavy atom. The van der Waals surface area contributed by atoms with Gasteiger partial charge in [0.1, 0.15) is 6.10 Å². The number of ketones is 1. The number of fused-ring (bicyclic) bond motifs is 8. The highest BCUT2D eigenvalue weighted by atomic mass is 16.7. The summed E-state index contributed by atoms with van der Waals surface area (Å²) in [6.45, 7) is 8.62. The smallest absolute Gasteiger partial charge is 0.305 e. The molecule has 9 nitrogen and oxygen atoms in total. The summed E-state index contributed by atoms with van der Waals surface area (Å²) in [5.41, 5.74) is 4.07. The third-order valence-corrected chi connectivity index (χ3v) is 14.2. The van der Waals surface area contributed by atoms with E-state index in [4.69, 9.17) is 33.2 Å². The van der Waals surface area contributed by atoms with E-state index >= 15 is 0 Å². The first-order valence-electron chi connectivity index (χ1n) is 19.2. The van der Waals surface area contributed by atoms with Gasteiger partial charge in [-0.05, 0) is 110 Å². The van der Waals surface area contributed by atoms with E-state index in [1.54, 1.807) is 0 Å². The Bertz CT molecular complexity index is 1660. The van der Waals surface area contributed by atoms with Crippen LogP contribution in [-0.4, -0.2) is 44.7 Å². The lowest BCUT2D eigenvalue weighted by Crippen LogP contribution is -2.51. The fraction of sp³-hybridized carbons (Fsp3) is 0.619. The number of carbonyl (C=O) groups is 2. The van der Waals surface area contributed by atoms with Gasteiger partial charge in [-0.2, -0.15) is 0 Å². The summed E-state index contributed by atoms with van der Waals surface area (Å²) >= 11 is 0. The van der Waals surface area contributed by atoms with Crippen LogP contribution < -0.4 is 18.9 Å². The van der Waals surface area contributed by atoms with Crippen molar-refractivity contribution in [3.63, 3.8) is 0 Å². The highest BCUT2D eigenvalue weighted by molar-refractivity contribution is 5.91. The molecule has 0 amide bonds. The van der Waals surface area contributed by atoms with Crippen molar-refractivity contribution in [3.8, 4) is 23.0 Å². The molecule has 0 bridgehead atoms. The Morgan fingerprint density at radius 3 is 2.00 bits per heavy atom. The fourth-order valence-electron chi connectivity index (χ4n) is 11.4. The average Bonchev–Trinajstić information content (AvgIpc) is 3.97. The quantitative estimate of drug-likeness (QED) is 0.294. The lowest BCUT2D eigenvalue weighted by molar-refractivity contribution is -0.159. The van der Waals surface area contributed by atoms with Gasteiger partial charge in [-0.15, -0.1) is 0 Å². The Kier molecular flexibility index (Phi) is 8.38. The molecule has 2 aromatic rings. The van der Waals surface area contributed by atoms with Crippen LogP contribution in [-0.2, 0) is 23.8 Å². The van der Waals surface area contributed by atoms with Crippen LogP contribution in [0.15, 0.2) is 48.0 Å². The van der Waals surface area contributed by atoms with Gasteiger partial charge in [-0.25, -0.2) is 0 Å². The molecule has 2 aromatic carbocycles. The van der Waals surface area contributed by atoms with Crippen LogP contribution in [0.4, 0.5) is 0 Å². The van der Waals surface area contributed by atoms with E-state index in [9.17, 15) is 9.59 Å². The van der Waals surface area contributed by atoms with Crippen LogP contribution in [0.1, 0.15) is 102 Å². The average molecular weight is 699 g/mol. The molecular formula is C42H50O9. The standard InChI is InChI=1S/C22H32O3.C20H18O6/c1-4-20(24)25-19-8-7-17-16-6-5-14-13-15(23)9-11-21(14,2)18(16)10-12-22(17,19)3;1-3-15-17(25-9-23-15)5-11(1)19-13-7-22-20(14(13)8-21-19)12-2-4-16-18(6-12)26-10-24-16/h13,16-19H,4-12H2,1-3H3;1-6,13-14,19-20H,7-10H2. The molecule has 3 saturated carbocycles. The van der Waals surface area contributed by atoms with Crippen molar-refractivity contribution in [1.29, 1.82) is 0 Å². The van der Waals surface area contributed by atoms with Gasteiger partial charge < -0.3 is 33.2 Å². The third-order valence-electron chi connectivity index (χ3n) is 14.2. The molecule has 9 heteroatoms. The number of carbonyl (C=O) groups excluding carboxylic acids is 2. The Hall–Kier alpha value is -3.56. The van der Waals surface area contributed by atoms with Crippen molar-refractivity contribution in [1.82, 2.24) is 0 Å². The van der Waals surface area contributed by atoms with Gasteiger partial charge in [0, 0.05) is 30.1 Å². The SMILES string of the molecule is CCC(=O)OC1CCC2C3CCC4=CC(=O)CCC4(C)C3CCC12C.c1cc2c(cc1C1OCC3C(c4ccc5c(c4)OCO5)OCC13)OCO2. The highest BCUT2D eigenvalue weighted by Gasteiger charge is 2.60. The summed E-state index contributed by atoms with van der Waals surface area (Å²) in [7, 11) is 0. The molecule has 0 radical (unpaired) electrons. The maximum atomic E-state index is 11.9. The van der Waals surface area contributed by atoms with E-state index < -0.39 is 0 Å². The molecule has 8 aliphatic rings. The zero-order valence-corrected chi connectivity index (χ0v) is 30.0. The second kappa shape index (κ2) is 12.8. The van der Waals surface area contributed by atoms with Gasteiger partial charge in [-0.1, -0.05) is 38.5 Å². The number of benzene rings is 2. The van der Waals surface area contributed by atoms with Gasteiger partial charge in [0.25, 0.3) is 0 Å². The number of rotatable bonds is 4. The topological polar surface area (TPSA) is 98.8 Å². The summed E-state index contributed by atoms with van der Waals surface area (Å²) in [6, 6.07) is 12.1. The maximum Gasteiger partial charge on any atom is 0.305 e. The summed E-state index contributed by atoms with van der Waals surface area (Å²) in [4.78, 5) is 23.8. The molecule has 0 spiro atoms. The van der Waals surface area contributed by atoms with Crippen molar-refractivity contribution in [2.24, 2.45) is 40.4 Å². The normalized spacial score (nSPS) is 38.1. The molecule has 51 heavy (non-hydrogen) atoms. The van der Waals surface area contributed by atoms with Crippen molar-refractivity contribution in [2.45, 2.75) is 96.9 Å². The predicted octanol–water partition coefficient (Wildman–Crippen LogP) is 8.06. The molecule has 0 aromatic heterocycles. The van der Waals surface area contributed by atoms with Crippen molar-refractivity contribution in [2.75, 3.05) is 26.8 Å². The van der Waals surface area contributed by atoms with Gasteiger partial charge in [0.05, 0.1) is 25.4 Å². The van der Waals surface area contributed by atoms with Crippen LogP contribution >= 0.6 is 0 Å². The first-order valence-corrected chi connectivity index (χ1v) is 19.2. The zero-order valence-electron chi connectivity index (χ0n) is 30.0. The maximum absolute atomic E-state index is 11.9. The number of ether oxygens (including phenoxy) is 7. The van der Waals surface area contributed by atoms with Gasteiger partial charge >= 0.3 is 5.97 Å². The minimum Gasteiger partial charge on any atom is -0.462 e. The van der Waals surface area contributed by atoms with E-state index in [2.05, 4.69) is 26.0 Å². The Morgan fingerprint density at radius 2 is 1.37 bits per heavy atom. The zero-order chi connectivity index (χ0) is 34.9. The minimum atomic E-state index is -0.0411. The first-order chi connectivity index (χ1) is 24.7. The predicted molar refractivity (Wildman–Crippen MR) is 186 cm³/mol. The minimum absolute atomic E-state index is 0.0218. The van der Waals surface area contributed by atoms with Gasteiger partial charge in [0.2, 0.25) is 13.6 Å². The Labute approximate surface area is 300 Å². The van der Waals surface area contributed by atoms with Crippen LogP contribution in [0.25, 0.3) is 0 Å². The van der Waals surface area contributed by atoms with Crippen LogP contribution in [0.2, 0.25) is 0 Å². The molecule has 2 saturated heterocycles. The monoisotopic (exact) mass is 698 g/mol. The number of esters is 1. The van der Waals surface area contributed by atoms with Gasteiger partial charge in [-0.3, -0.25) is 9.59 Å². The molecular weight excluding hydrogens is 648 g/mol. The molecule has 4 aliphatic heterocycles. The Balaban J connectivity index is 0.000000137. The summed E-state index contributed by atoms with van der Waals surface area (Å²) in [5.74, 6) is 6.24. The number of hydrogen-bond acceptors (Lipinski definition) is 9. The van der Waals surface area contributed by atoms with E-state index in [1.165, 1.54) is 24.8 Å². The van der Waals surface area contributed by atoms with Crippen LogP contribution in [0, 0.1) is 40.4 Å². The van der Waals surface area contributed by atoms with Crippen molar-refractivity contribution in [3.05, 3.63) is 59.2 Å². The number of hydrogen-bond donors (Lipinski definition) is 0. The summed E-state index contributed by atoms with van der Waals surface area (Å²) in [5, 5.41) is 0. The van der Waals surface area contributed by atoms with Crippen molar-refractivity contribution < 1.29 is 42.7 Å². The molecule has 5 fully saturated rings. The fourth-order valence-corrected chi connectivity index (χ4v) is 11.4. The lowest BCUT2D eigenvalue weighted by Gasteiger charge is -2.57. The van der Waals surface area contributed by atoms with Crippen LogP contribution in [0.5, 0.6) is 23.0 Å². The molecule has 10 rings (SSSR count). The molecule has 0 N–H and O–H groups in total. The molecule has 4 aliphatic carbocycles. The van der Waals surface area contributed by atoms with E-state index in [-0.39, 0.29) is 48.7 Å². The van der Waals surface area contributed by atoms with Gasteiger partial charge in [0.15, 0.2) is 28.8 Å². The highest BCUT2D eigenvalue weighted by Crippen LogP contribution is 2.65. The third kappa shape index (κ3) is 5.56. The molecule has 10 atom stereocenters. The summed E-state index contributed by atoms with van der Waals surface area (Å²) in [6.07, 6.45) is 11.3. The van der Waals surface area contributed by atoms with Crippen molar-refractivity contribution >= 4 is 11.8 Å². The molecule has 4 heterocycles. The lowest BCUT2D eigenvalue weighted by atomic mass is 9.47. The number of allylic oxidation sites excluding steroid dienone is 1. The largest absolute Gasteiger partial charge is 0.462 e. The van der Waals surface area contributed by atoms with E-state index in [0.29, 0.717) is 49.1 Å². The second-order valence-electron chi connectivity index (χ2n) is 16.5. The first kappa shape index (κ1) is 33.3. The molecule has 10 unspecified atom stereocenters. The van der Waals surface area contributed by atoms with Crippen LogP contribution in [0.3, 0.4) is 0 Å². The van der Waals surface area contributed by atoms with E-state index in [1.807, 2.05) is 37.3 Å². The van der Waals surface area contributed by atoms with E-state index in [0.717, 1.165) is 72.1 Å². The molecule has 272 valence electrons. The second-order valence-corrected chi connectivity index (χ2v) is 16.5. The summed E-state index contributed by atoms with van der Waals surface area (Å²) < 4.78 is 40.0.